The van der Waals surface area contributed by atoms with E-state index in [-0.39, 0.29) is 6.01 Å². The number of H-pyrrole nitrogens is 1. The van der Waals surface area contributed by atoms with Crippen LogP contribution in [0.5, 0.6) is 6.01 Å². The Morgan fingerprint density at radius 2 is 2.17 bits per heavy atom. The number of hydrogen-bond donors (Lipinski definition) is 3. The Bertz CT molecular complexity index is 291. The summed E-state index contributed by atoms with van der Waals surface area (Å²) in [6.45, 7) is 0. The molecule has 0 radical (unpaired) electrons. The predicted octanol–water partition coefficient (Wildman–Crippen LogP) is -0.449. The van der Waals surface area contributed by atoms with E-state index in [1.165, 1.54) is 6.20 Å². The number of aromatic hydroxyl groups is 1. The molecule has 0 aromatic carbocycles. The van der Waals surface area contributed by atoms with Crippen molar-refractivity contribution in [3.63, 3.8) is 0 Å². The lowest BCUT2D eigenvalue weighted by Gasteiger charge is -1.82. The van der Waals surface area contributed by atoms with Gasteiger partial charge in [-0.1, -0.05) is 0 Å². The van der Waals surface area contributed by atoms with Gasteiger partial charge in [0.2, 0.25) is 0 Å². The van der Waals surface area contributed by atoms with Gasteiger partial charge in [0.1, 0.15) is 0 Å². The molecular formula is C4H8N2O5S. The van der Waals surface area contributed by atoms with Gasteiger partial charge >= 0.3 is 10.4 Å². The van der Waals surface area contributed by atoms with Crippen LogP contribution in [0.1, 0.15) is 0 Å². The summed E-state index contributed by atoms with van der Waals surface area (Å²) in [6.07, 6.45) is 3.03. The fourth-order valence-electron chi connectivity index (χ4n) is 0.257. The molecule has 12 heavy (non-hydrogen) atoms. The van der Waals surface area contributed by atoms with Crippen LogP contribution in [0.25, 0.3) is 0 Å². The van der Waals surface area contributed by atoms with Gasteiger partial charge in [-0.25, -0.2) is 4.98 Å². The Hall–Kier alpha value is -1.12. The number of imidazole rings is 1. The lowest BCUT2D eigenvalue weighted by Crippen LogP contribution is -1.96. The van der Waals surface area contributed by atoms with Gasteiger partial charge < -0.3 is 10.1 Å². The Morgan fingerprint density at radius 3 is 2.25 bits per heavy atom. The molecule has 1 aromatic rings. The molecular weight excluding hydrogens is 188 g/mol. The van der Waals surface area contributed by atoms with Crippen LogP contribution in [-0.2, 0) is 14.6 Å². The predicted molar refractivity (Wildman–Crippen MR) is 38.8 cm³/mol. The lowest BCUT2D eigenvalue weighted by molar-refractivity contribution is 0.324. The van der Waals surface area contributed by atoms with Crippen LogP contribution in [-0.4, -0.2) is 35.2 Å². The van der Waals surface area contributed by atoms with Crippen LogP contribution in [0.2, 0.25) is 0 Å². The first-order valence-electron chi connectivity index (χ1n) is 2.67. The molecule has 0 saturated carbocycles. The monoisotopic (exact) mass is 196 g/mol. The summed E-state index contributed by atoms with van der Waals surface area (Å²) in [4.78, 5) is 5.86. The maximum atomic E-state index is 9.33. The summed E-state index contributed by atoms with van der Waals surface area (Å²) < 4.78 is 29.7. The second-order valence-electron chi connectivity index (χ2n) is 1.51. The van der Waals surface area contributed by atoms with Crippen LogP contribution in [0.15, 0.2) is 12.4 Å². The highest BCUT2D eigenvalue weighted by molar-refractivity contribution is 7.80. The molecule has 0 aliphatic rings. The van der Waals surface area contributed by atoms with E-state index in [2.05, 4.69) is 14.2 Å². The van der Waals surface area contributed by atoms with Gasteiger partial charge in [-0.3, -0.25) is 8.74 Å². The van der Waals surface area contributed by atoms with E-state index in [1.807, 2.05) is 0 Å². The molecule has 0 aliphatic carbocycles. The van der Waals surface area contributed by atoms with Crippen molar-refractivity contribution in [2.75, 3.05) is 7.11 Å². The van der Waals surface area contributed by atoms with E-state index < -0.39 is 10.4 Å². The molecule has 1 heterocycles. The van der Waals surface area contributed by atoms with E-state index in [0.29, 0.717) is 0 Å². The zero-order valence-electron chi connectivity index (χ0n) is 6.13. The molecule has 0 fully saturated rings. The van der Waals surface area contributed by atoms with Crippen molar-refractivity contribution in [3.05, 3.63) is 12.4 Å². The Morgan fingerprint density at radius 1 is 1.67 bits per heavy atom. The Kier molecular flexibility index (Phi) is 4.26. The zero-order valence-corrected chi connectivity index (χ0v) is 6.95. The smallest absolute Gasteiger partial charge is 0.397 e. The third-order valence-electron chi connectivity index (χ3n) is 0.694. The van der Waals surface area contributed by atoms with Gasteiger partial charge in [-0.15, -0.1) is 0 Å². The van der Waals surface area contributed by atoms with Crippen LogP contribution >= 0.6 is 0 Å². The zero-order chi connectivity index (χ0) is 9.61. The molecule has 0 bridgehead atoms. The summed E-state index contributed by atoms with van der Waals surface area (Å²) in [7, 11) is -3.29. The van der Waals surface area contributed by atoms with Crippen LogP contribution in [0.3, 0.4) is 0 Å². The third-order valence-corrected chi connectivity index (χ3v) is 1.12. The second-order valence-corrected chi connectivity index (χ2v) is 2.70. The van der Waals surface area contributed by atoms with E-state index in [4.69, 9.17) is 9.66 Å². The third kappa shape index (κ3) is 6.99. The maximum Gasteiger partial charge on any atom is 0.397 e. The normalized spacial score (nSPS) is 10.2. The number of nitrogens with zero attached hydrogens (tertiary/aromatic N) is 1. The van der Waals surface area contributed by atoms with E-state index in [9.17, 15) is 8.42 Å². The molecule has 1 aromatic heterocycles. The van der Waals surface area contributed by atoms with Crippen molar-refractivity contribution in [2.24, 2.45) is 0 Å². The van der Waals surface area contributed by atoms with Crippen molar-refractivity contribution in [2.45, 2.75) is 0 Å². The molecule has 0 unspecified atom stereocenters. The van der Waals surface area contributed by atoms with Crippen LogP contribution in [0, 0.1) is 0 Å². The summed E-state index contributed by atoms with van der Waals surface area (Å²) in [5.41, 5.74) is 0. The van der Waals surface area contributed by atoms with Crippen LogP contribution < -0.4 is 0 Å². The van der Waals surface area contributed by atoms with Crippen LogP contribution in [0.4, 0.5) is 0 Å². The average Bonchev–Trinajstić information content (AvgIpc) is 2.39. The lowest BCUT2D eigenvalue weighted by atomic mass is 11.0. The second kappa shape index (κ2) is 4.70. The minimum atomic E-state index is -4.16. The fourth-order valence-corrected chi connectivity index (χ4v) is 0.257. The van der Waals surface area contributed by atoms with Gasteiger partial charge in [0, 0.05) is 12.4 Å². The first-order chi connectivity index (χ1) is 5.45. The van der Waals surface area contributed by atoms with E-state index >= 15 is 0 Å². The van der Waals surface area contributed by atoms with Crippen molar-refractivity contribution >= 4 is 10.4 Å². The standard InChI is InChI=1S/C3H4N2O.CH4O4S/c6-3-4-1-2-5-3;1-5-6(2,3)4/h1-2H,(H2,4,5,6);1H3,(H,2,3,4). The highest BCUT2D eigenvalue weighted by atomic mass is 32.3. The minimum Gasteiger partial charge on any atom is -0.480 e. The number of aromatic nitrogens is 2. The van der Waals surface area contributed by atoms with Gasteiger partial charge in [-0.2, -0.15) is 8.42 Å². The summed E-state index contributed by atoms with van der Waals surface area (Å²) in [5, 5.41) is 8.31. The number of hydrogen-bond acceptors (Lipinski definition) is 5. The topological polar surface area (TPSA) is 113 Å². The molecule has 7 nitrogen and oxygen atoms in total. The molecule has 0 aliphatic heterocycles. The SMILES string of the molecule is COS(=O)(=O)O.Oc1ncc[nH]1. The van der Waals surface area contributed by atoms with Gasteiger partial charge in [-0.05, 0) is 0 Å². The quantitative estimate of drug-likeness (QED) is 0.524. The van der Waals surface area contributed by atoms with E-state index in [1.54, 1.807) is 6.20 Å². The van der Waals surface area contributed by atoms with Gasteiger partial charge in [0.15, 0.2) is 0 Å². The number of rotatable bonds is 1. The largest absolute Gasteiger partial charge is 0.480 e. The van der Waals surface area contributed by atoms with Crippen molar-refractivity contribution in [3.8, 4) is 6.01 Å². The number of aromatic amines is 1. The van der Waals surface area contributed by atoms with Crippen molar-refractivity contribution < 1.29 is 22.3 Å². The maximum absolute atomic E-state index is 9.33. The summed E-state index contributed by atoms with van der Waals surface area (Å²) >= 11 is 0. The Balaban J connectivity index is 0.000000202. The molecule has 0 amide bonds. The molecule has 1 rings (SSSR count). The first kappa shape index (κ1) is 10.9. The number of nitrogens with one attached hydrogen (secondary N) is 1. The summed E-state index contributed by atoms with van der Waals surface area (Å²) in [5.74, 6) is 0. The highest BCUT2D eigenvalue weighted by Gasteiger charge is 1.94. The molecule has 0 saturated heterocycles. The molecule has 8 heteroatoms. The highest BCUT2D eigenvalue weighted by Crippen LogP contribution is 1.90. The van der Waals surface area contributed by atoms with E-state index in [0.717, 1.165) is 7.11 Å². The molecule has 3 N–H and O–H groups in total. The average molecular weight is 196 g/mol. The molecule has 0 spiro atoms. The molecule has 70 valence electrons. The van der Waals surface area contributed by atoms with Crippen molar-refractivity contribution in [1.82, 2.24) is 9.97 Å². The Labute approximate surface area is 69.0 Å². The van der Waals surface area contributed by atoms with Gasteiger partial charge in [0.05, 0.1) is 7.11 Å². The fraction of sp³-hybridized carbons (Fsp3) is 0.250. The van der Waals surface area contributed by atoms with Gasteiger partial charge in [0.25, 0.3) is 6.01 Å². The first-order valence-corrected chi connectivity index (χ1v) is 4.03. The minimum absolute atomic E-state index is 0.0324. The summed E-state index contributed by atoms with van der Waals surface area (Å²) in [6, 6.07) is -0.0324. The molecule has 0 atom stereocenters. The van der Waals surface area contributed by atoms with Crippen molar-refractivity contribution in [1.29, 1.82) is 0 Å².